The highest BCUT2D eigenvalue weighted by atomic mass is 35.5. The van der Waals surface area contributed by atoms with Gasteiger partial charge >= 0.3 is 5.97 Å². The lowest BCUT2D eigenvalue weighted by Gasteiger charge is -2.28. The molecule has 34 heavy (non-hydrogen) atoms. The Kier molecular flexibility index (Phi) is 6.83. The molecule has 0 radical (unpaired) electrons. The number of ether oxygens (including phenoxy) is 1. The number of allylic oxidation sites excluding steroid dienone is 1. The second kappa shape index (κ2) is 10.00. The minimum atomic E-state index is -0.699. The number of carbonyl (C=O) groups is 2. The van der Waals surface area contributed by atoms with E-state index in [4.69, 9.17) is 33.0 Å². The van der Waals surface area contributed by atoms with Gasteiger partial charge in [-0.3, -0.25) is 4.79 Å². The normalized spacial score (nSPS) is 20.8. The third kappa shape index (κ3) is 4.68. The molecule has 0 spiro atoms. The van der Waals surface area contributed by atoms with Crippen molar-refractivity contribution < 1.29 is 14.3 Å². The Balaban J connectivity index is 1.38. The van der Waals surface area contributed by atoms with Crippen molar-refractivity contribution in [2.45, 2.75) is 25.3 Å². The zero-order valence-corrected chi connectivity index (χ0v) is 21.0. The van der Waals surface area contributed by atoms with Crippen molar-refractivity contribution in [2.24, 2.45) is 11.0 Å². The average molecular weight is 532 g/mol. The number of amides is 1. The lowest BCUT2D eigenvalue weighted by molar-refractivity contribution is -0.136. The Morgan fingerprint density at radius 3 is 2.76 bits per heavy atom. The van der Waals surface area contributed by atoms with Crippen LogP contribution in [0, 0.1) is 5.92 Å². The molecule has 0 N–H and O–H groups in total. The molecule has 0 aromatic carbocycles. The summed E-state index contributed by atoms with van der Waals surface area (Å²) in [5, 5.41) is 10.6. The van der Waals surface area contributed by atoms with Gasteiger partial charge in [0, 0.05) is 21.9 Å². The maximum Gasteiger partial charge on any atom is 0.340 e. The largest absolute Gasteiger partial charge is 0.452 e. The minimum absolute atomic E-state index is 0.0926. The van der Waals surface area contributed by atoms with Crippen LogP contribution < -0.4 is 0 Å². The Morgan fingerprint density at radius 2 is 2.03 bits per heavy atom. The molecule has 1 saturated carbocycles. The molecular formula is C24H19Cl2N3O3S2. The van der Waals surface area contributed by atoms with E-state index in [-0.39, 0.29) is 33.6 Å². The standard InChI is InChI=1S/C24H19Cl2N3O3S2/c25-18-11-15(12-27-23(18)26)24(31)32-13-20(30)29-22(19-7-3-9-34-19)17-6-1-4-14(21(17)28-29)10-16-5-2-8-33-16/h2-3,5,7-12,17,22H,1,4,6,13H2/b14-10-/t17-,22-/m0/s1. The predicted molar refractivity (Wildman–Crippen MR) is 136 cm³/mol. The van der Waals surface area contributed by atoms with E-state index in [1.165, 1.54) is 22.1 Å². The Bertz CT molecular complexity index is 1270. The van der Waals surface area contributed by atoms with Crippen LogP contribution >= 0.6 is 45.9 Å². The molecule has 0 saturated heterocycles. The fraction of sp³-hybridized carbons (Fsp3) is 0.250. The summed E-state index contributed by atoms with van der Waals surface area (Å²) < 4.78 is 5.28. The van der Waals surface area contributed by atoms with Crippen LogP contribution in [-0.4, -0.2) is 34.2 Å². The minimum Gasteiger partial charge on any atom is -0.452 e. The summed E-state index contributed by atoms with van der Waals surface area (Å²) in [7, 11) is 0. The first-order valence-corrected chi connectivity index (χ1v) is 13.2. The van der Waals surface area contributed by atoms with Crippen LogP contribution in [0.1, 0.15) is 45.4 Å². The summed E-state index contributed by atoms with van der Waals surface area (Å²) in [5.41, 5.74) is 2.24. The van der Waals surface area contributed by atoms with Gasteiger partial charge in [-0.1, -0.05) is 35.3 Å². The van der Waals surface area contributed by atoms with Crippen molar-refractivity contribution in [1.29, 1.82) is 0 Å². The van der Waals surface area contributed by atoms with E-state index in [1.807, 2.05) is 29.0 Å². The number of hydrogen-bond donors (Lipinski definition) is 0. The SMILES string of the molecule is O=C(OCC(=O)N1N=C2/C(=C\c3cccs3)CCC[C@@H]2[C@H]1c1cccs1)c1cnc(Cl)c(Cl)c1. The average Bonchev–Trinajstić information content (AvgIpc) is 3.60. The molecule has 0 unspecified atom stereocenters. The third-order valence-corrected chi connectivity index (χ3v) is 8.26. The third-order valence-electron chi connectivity index (χ3n) is 5.81. The maximum absolute atomic E-state index is 13.2. The quantitative estimate of drug-likeness (QED) is 0.278. The van der Waals surface area contributed by atoms with Crippen LogP contribution in [0.3, 0.4) is 0 Å². The summed E-state index contributed by atoms with van der Waals surface area (Å²) in [6.45, 7) is -0.436. The number of aromatic nitrogens is 1. The van der Waals surface area contributed by atoms with Crippen LogP contribution in [0.2, 0.25) is 10.2 Å². The highest BCUT2D eigenvalue weighted by molar-refractivity contribution is 7.11. The molecule has 3 aromatic rings. The second-order valence-electron chi connectivity index (χ2n) is 7.94. The van der Waals surface area contributed by atoms with E-state index in [1.54, 1.807) is 22.7 Å². The van der Waals surface area contributed by atoms with Crippen molar-refractivity contribution in [1.82, 2.24) is 9.99 Å². The number of hydrogen-bond acceptors (Lipinski definition) is 7. The van der Waals surface area contributed by atoms with Crippen molar-refractivity contribution in [3.8, 4) is 0 Å². The van der Waals surface area contributed by atoms with Crippen LogP contribution in [0.15, 0.2) is 58.0 Å². The van der Waals surface area contributed by atoms with Gasteiger partial charge < -0.3 is 4.74 Å². The predicted octanol–water partition coefficient (Wildman–Crippen LogP) is 6.49. The summed E-state index contributed by atoms with van der Waals surface area (Å²) in [5.74, 6) is -0.968. The van der Waals surface area contributed by atoms with Crippen LogP contribution in [0.4, 0.5) is 0 Å². The Morgan fingerprint density at radius 1 is 1.21 bits per heavy atom. The van der Waals surface area contributed by atoms with Gasteiger partial charge in [0.25, 0.3) is 5.91 Å². The summed E-state index contributed by atoms with van der Waals surface area (Å²) >= 11 is 15.0. The lowest BCUT2D eigenvalue weighted by Crippen LogP contribution is -2.34. The van der Waals surface area contributed by atoms with Gasteiger partial charge in [-0.15, -0.1) is 22.7 Å². The van der Waals surface area contributed by atoms with Gasteiger partial charge in [0.1, 0.15) is 5.15 Å². The van der Waals surface area contributed by atoms with Crippen LogP contribution in [0.25, 0.3) is 6.08 Å². The van der Waals surface area contributed by atoms with Gasteiger partial charge in [-0.05, 0) is 59.9 Å². The van der Waals surface area contributed by atoms with Crippen molar-refractivity contribution in [3.05, 3.63) is 78.4 Å². The van der Waals surface area contributed by atoms with Crippen LogP contribution in [0.5, 0.6) is 0 Å². The fourth-order valence-electron chi connectivity index (χ4n) is 4.30. The zero-order valence-electron chi connectivity index (χ0n) is 17.8. The molecule has 6 nitrogen and oxygen atoms in total. The van der Waals surface area contributed by atoms with Crippen molar-refractivity contribution in [2.75, 3.05) is 6.61 Å². The first-order chi connectivity index (χ1) is 16.5. The number of fused-ring (bicyclic) bond motifs is 1. The molecule has 5 rings (SSSR count). The van der Waals surface area contributed by atoms with E-state index >= 15 is 0 Å². The summed E-state index contributed by atoms with van der Waals surface area (Å²) in [6, 6.07) is 9.26. The molecule has 3 aromatic heterocycles. The molecule has 4 heterocycles. The smallest absolute Gasteiger partial charge is 0.340 e. The summed E-state index contributed by atoms with van der Waals surface area (Å²) in [6.07, 6.45) is 6.34. The van der Waals surface area contributed by atoms with E-state index in [0.717, 1.165) is 35.4 Å². The van der Waals surface area contributed by atoms with Gasteiger partial charge in [-0.2, -0.15) is 5.10 Å². The first kappa shape index (κ1) is 23.2. The number of halogens is 2. The monoisotopic (exact) mass is 531 g/mol. The number of esters is 1. The van der Waals surface area contributed by atoms with Crippen LogP contribution in [-0.2, 0) is 9.53 Å². The van der Waals surface area contributed by atoms with Gasteiger partial charge in [-0.25, -0.2) is 14.8 Å². The van der Waals surface area contributed by atoms with Gasteiger partial charge in [0.2, 0.25) is 0 Å². The fourth-order valence-corrected chi connectivity index (χ4v) is 6.13. The van der Waals surface area contributed by atoms with Gasteiger partial charge in [0.15, 0.2) is 6.61 Å². The number of nitrogens with zero attached hydrogens (tertiary/aromatic N) is 3. The molecule has 1 aliphatic carbocycles. The van der Waals surface area contributed by atoms with Crippen molar-refractivity contribution >= 4 is 69.5 Å². The molecule has 2 aliphatic rings. The van der Waals surface area contributed by atoms with Crippen molar-refractivity contribution in [3.63, 3.8) is 0 Å². The molecule has 1 aliphatic heterocycles. The van der Waals surface area contributed by atoms with E-state index in [2.05, 4.69) is 17.1 Å². The highest BCUT2D eigenvalue weighted by Crippen LogP contribution is 2.45. The van der Waals surface area contributed by atoms with E-state index < -0.39 is 12.6 Å². The topological polar surface area (TPSA) is 71.9 Å². The number of rotatable bonds is 5. The molecule has 1 fully saturated rings. The molecular weight excluding hydrogens is 513 g/mol. The lowest BCUT2D eigenvalue weighted by atomic mass is 9.79. The molecule has 174 valence electrons. The first-order valence-electron chi connectivity index (χ1n) is 10.7. The number of carbonyl (C=O) groups excluding carboxylic acids is 2. The van der Waals surface area contributed by atoms with E-state index in [0.29, 0.717) is 0 Å². The Hall–Kier alpha value is -2.52. The van der Waals surface area contributed by atoms with Gasteiger partial charge in [0.05, 0.1) is 22.3 Å². The molecule has 1 amide bonds. The maximum atomic E-state index is 13.2. The number of hydrazone groups is 1. The summed E-state index contributed by atoms with van der Waals surface area (Å²) in [4.78, 5) is 31.8. The molecule has 10 heteroatoms. The zero-order chi connectivity index (χ0) is 23.7. The molecule has 2 atom stereocenters. The van der Waals surface area contributed by atoms with E-state index in [9.17, 15) is 9.59 Å². The number of pyridine rings is 1. The highest BCUT2D eigenvalue weighted by Gasteiger charge is 2.44. The Labute approximate surface area is 214 Å². The molecule has 0 bridgehead atoms. The second-order valence-corrected chi connectivity index (χ2v) is 10.7. The number of thiophene rings is 2.